The van der Waals surface area contributed by atoms with Crippen LogP contribution < -0.4 is 0 Å². The second-order valence-corrected chi connectivity index (χ2v) is 6.44. The van der Waals surface area contributed by atoms with Crippen LogP contribution in [0.3, 0.4) is 0 Å². The van der Waals surface area contributed by atoms with E-state index in [0.29, 0.717) is 20.1 Å². The Morgan fingerprint density at radius 1 is 0.591 bits per heavy atom. The van der Waals surface area contributed by atoms with E-state index in [2.05, 4.69) is 11.8 Å². The smallest absolute Gasteiger partial charge is 0.0629 e. The van der Waals surface area contributed by atoms with E-state index in [0.717, 1.165) is 11.1 Å². The third-order valence-electron chi connectivity index (χ3n) is 3.18. The molecule has 0 N–H and O–H groups in total. The van der Waals surface area contributed by atoms with Crippen LogP contribution in [0.1, 0.15) is 23.0 Å². The Kier molecular flexibility index (Phi) is 5.69. The number of rotatable bonds is 3. The molecule has 22 heavy (non-hydrogen) atoms. The van der Waals surface area contributed by atoms with Gasteiger partial charge in [-0.2, -0.15) is 0 Å². The van der Waals surface area contributed by atoms with E-state index in [9.17, 15) is 0 Å². The van der Waals surface area contributed by atoms with Crippen molar-refractivity contribution in [3.05, 3.63) is 67.6 Å². The molecule has 0 aromatic heterocycles. The highest BCUT2D eigenvalue weighted by molar-refractivity contribution is 6.35. The molecule has 0 aliphatic heterocycles. The van der Waals surface area contributed by atoms with Gasteiger partial charge in [0.05, 0.1) is 11.8 Å². The van der Waals surface area contributed by atoms with E-state index in [1.807, 2.05) is 0 Å². The van der Waals surface area contributed by atoms with Crippen LogP contribution in [0.15, 0.2) is 36.4 Å². The molecular formula is C18H10Cl4. The summed E-state index contributed by atoms with van der Waals surface area (Å²) in [4.78, 5) is 0. The Balaban J connectivity index is 2.52. The van der Waals surface area contributed by atoms with Gasteiger partial charge in [-0.15, -0.1) is 12.8 Å². The normalized spacial score (nSPS) is 13.0. The molecule has 0 heterocycles. The average molecular weight is 368 g/mol. The first-order chi connectivity index (χ1) is 10.4. The maximum absolute atomic E-state index is 6.05. The van der Waals surface area contributed by atoms with E-state index in [1.165, 1.54) is 0 Å². The van der Waals surface area contributed by atoms with Crippen LogP contribution in [0, 0.1) is 24.7 Å². The summed E-state index contributed by atoms with van der Waals surface area (Å²) in [6.45, 7) is 0. The Morgan fingerprint density at radius 3 is 1.09 bits per heavy atom. The molecule has 4 heteroatoms. The van der Waals surface area contributed by atoms with Crippen LogP contribution in [0.4, 0.5) is 0 Å². The van der Waals surface area contributed by atoms with Gasteiger partial charge in [-0.1, -0.05) is 58.2 Å². The van der Waals surface area contributed by atoms with Crippen LogP contribution in [-0.2, 0) is 0 Å². The minimum absolute atomic E-state index is 0.393. The summed E-state index contributed by atoms with van der Waals surface area (Å²) in [6.07, 6.45) is 11.4. The second-order valence-electron chi connectivity index (χ2n) is 4.69. The molecule has 2 atom stereocenters. The Hall–Kier alpha value is -1.28. The largest absolute Gasteiger partial charge is 0.119 e. The average Bonchev–Trinajstić information content (AvgIpc) is 2.42. The van der Waals surface area contributed by atoms with Crippen molar-refractivity contribution >= 4 is 46.4 Å². The van der Waals surface area contributed by atoms with Crippen molar-refractivity contribution in [2.45, 2.75) is 11.8 Å². The summed E-state index contributed by atoms with van der Waals surface area (Å²) in [6, 6.07) is 10.3. The minimum atomic E-state index is -0.393. The molecular weight excluding hydrogens is 358 g/mol. The lowest BCUT2D eigenvalue weighted by Crippen LogP contribution is -2.08. The highest BCUT2D eigenvalue weighted by atomic mass is 35.5. The van der Waals surface area contributed by atoms with Crippen LogP contribution >= 0.6 is 46.4 Å². The fourth-order valence-corrected chi connectivity index (χ4v) is 3.37. The third-order valence-corrected chi connectivity index (χ3v) is 4.05. The van der Waals surface area contributed by atoms with Crippen molar-refractivity contribution in [2.24, 2.45) is 0 Å². The first-order valence-electron chi connectivity index (χ1n) is 6.29. The maximum atomic E-state index is 6.05. The van der Waals surface area contributed by atoms with Crippen LogP contribution in [0.2, 0.25) is 20.1 Å². The van der Waals surface area contributed by atoms with Gasteiger partial charge in [0.1, 0.15) is 0 Å². The highest BCUT2D eigenvalue weighted by Crippen LogP contribution is 2.36. The van der Waals surface area contributed by atoms with Gasteiger partial charge < -0.3 is 0 Å². The summed E-state index contributed by atoms with van der Waals surface area (Å²) < 4.78 is 0. The first kappa shape index (κ1) is 17.1. The molecule has 0 bridgehead atoms. The van der Waals surface area contributed by atoms with Gasteiger partial charge in [-0.05, 0) is 47.5 Å². The number of hydrogen-bond donors (Lipinski definition) is 0. The van der Waals surface area contributed by atoms with Crippen LogP contribution in [-0.4, -0.2) is 0 Å². The molecule has 0 aliphatic carbocycles. The fraction of sp³-hybridized carbons (Fsp3) is 0.111. The quantitative estimate of drug-likeness (QED) is 0.548. The van der Waals surface area contributed by atoms with Crippen molar-refractivity contribution in [1.82, 2.24) is 0 Å². The molecule has 2 aromatic rings. The lowest BCUT2D eigenvalue weighted by atomic mass is 9.82. The summed E-state index contributed by atoms with van der Waals surface area (Å²) in [5.41, 5.74) is 1.55. The van der Waals surface area contributed by atoms with Crippen LogP contribution in [0.5, 0.6) is 0 Å². The van der Waals surface area contributed by atoms with Gasteiger partial charge in [0.15, 0.2) is 0 Å². The van der Waals surface area contributed by atoms with Crippen molar-refractivity contribution in [3.8, 4) is 24.7 Å². The zero-order valence-corrected chi connectivity index (χ0v) is 14.3. The second kappa shape index (κ2) is 7.32. The van der Waals surface area contributed by atoms with Crippen molar-refractivity contribution in [1.29, 1.82) is 0 Å². The first-order valence-corrected chi connectivity index (χ1v) is 7.80. The lowest BCUT2D eigenvalue weighted by molar-refractivity contribution is 0.782. The SMILES string of the molecule is C#C[C@@H](c1cc(Cl)cc(Cl)c1)[C@@H](C#C)c1cc(Cl)cc(Cl)c1. The summed E-state index contributed by atoms with van der Waals surface area (Å²) in [5.74, 6) is 4.64. The topological polar surface area (TPSA) is 0 Å². The number of hydrogen-bond acceptors (Lipinski definition) is 0. The monoisotopic (exact) mass is 366 g/mol. The lowest BCUT2D eigenvalue weighted by Gasteiger charge is -2.20. The molecule has 0 saturated carbocycles. The fourth-order valence-electron chi connectivity index (χ4n) is 2.28. The highest BCUT2D eigenvalue weighted by Gasteiger charge is 2.23. The molecule has 0 nitrogen and oxygen atoms in total. The molecule has 2 rings (SSSR count). The van der Waals surface area contributed by atoms with Crippen molar-refractivity contribution < 1.29 is 0 Å². The van der Waals surface area contributed by atoms with Crippen molar-refractivity contribution in [2.75, 3.05) is 0 Å². The molecule has 0 amide bonds. The van der Waals surface area contributed by atoms with Gasteiger partial charge in [-0.25, -0.2) is 0 Å². The third kappa shape index (κ3) is 3.92. The Morgan fingerprint density at radius 2 is 0.864 bits per heavy atom. The Labute approximate surface area is 150 Å². The standard InChI is InChI=1S/C18H10Cl4/c1-3-17(11-5-13(19)9-14(20)6-11)18(4-2)12-7-15(21)10-16(22)8-12/h1-2,5-10,17-18H/t17-,18-/m0/s1. The van der Waals surface area contributed by atoms with Crippen molar-refractivity contribution in [3.63, 3.8) is 0 Å². The van der Waals surface area contributed by atoms with Gasteiger partial charge in [0, 0.05) is 20.1 Å². The molecule has 0 spiro atoms. The van der Waals surface area contributed by atoms with E-state index in [4.69, 9.17) is 59.3 Å². The number of benzene rings is 2. The molecule has 2 aromatic carbocycles. The zero-order chi connectivity index (χ0) is 16.3. The molecule has 0 saturated heterocycles. The van der Waals surface area contributed by atoms with Gasteiger partial charge in [-0.3, -0.25) is 0 Å². The molecule has 0 radical (unpaired) electrons. The van der Waals surface area contributed by atoms with Gasteiger partial charge in [0.2, 0.25) is 0 Å². The summed E-state index contributed by atoms with van der Waals surface area (Å²) >= 11 is 24.2. The zero-order valence-electron chi connectivity index (χ0n) is 11.3. The molecule has 110 valence electrons. The number of terminal acetylenes is 2. The predicted molar refractivity (Wildman–Crippen MR) is 96.1 cm³/mol. The summed E-state index contributed by atoms with van der Waals surface area (Å²) in [5, 5.41) is 2.01. The van der Waals surface area contributed by atoms with E-state index >= 15 is 0 Å². The Bertz CT molecular complexity index is 673. The predicted octanol–water partition coefficient (Wildman–Crippen LogP) is 6.43. The molecule has 0 unspecified atom stereocenters. The van der Waals surface area contributed by atoms with E-state index in [1.54, 1.807) is 36.4 Å². The summed E-state index contributed by atoms with van der Waals surface area (Å²) in [7, 11) is 0. The van der Waals surface area contributed by atoms with Crippen LogP contribution in [0.25, 0.3) is 0 Å². The van der Waals surface area contributed by atoms with Gasteiger partial charge in [0.25, 0.3) is 0 Å². The maximum Gasteiger partial charge on any atom is 0.0629 e. The van der Waals surface area contributed by atoms with Gasteiger partial charge >= 0.3 is 0 Å². The number of halogens is 4. The molecule has 0 fully saturated rings. The van der Waals surface area contributed by atoms with E-state index in [-0.39, 0.29) is 0 Å². The van der Waals surface area contributed by atoms with E-state index < -0.39 is 11.8 Å². The minimum Gasteiger partial charge on any atom is -0.119 e. The molecule has 0 aliphatic rings.